The van der Waals surface area contributed by atoms with E-state index >= 15 is 0 Å². The second-order valence-electron chi connectivity index (χ2n) is 7.89. The van der Waals surface area contributed by atoms with E-state index in [4.69, 9.17) is 16.1 Å². The van der Waals surface area contributed by atoms with Gasteiger partial charge >= 0.3 is 0 Å². The van der Waals surface area contributed by atoms with Gasteiger partial charge in [0.2, 0.25) is 23.5 Å². The summed E-state index contributed by atoms with van der Waals surface area (Å²) in [5.41, 5.74) is 2.29. The van der Waals surface area contributed by atoms with Gasteiger partial charge in [-0.2, -0.15) is 4.98 Å². The van der Waals surface area contributed by atoms with Crippen LogP contribution < -0.4 is 5.32 Å². The van der Waals surface area contributed by atoms with Gasteiger partial charge < -0.3 is 14.7 Å². The lowest BCUT2D eigenvalue weighted by Gasteiger charge is -2.29. The lowest BCUT2D eigenvalue weighted by molar-refractivity contribution is -0.127. The molecule has 1 aliphatic rings. The second-order valence-corrected chi connectivity index (χ2v) is 8.30. The molecule has 0 bridgehead atoms. The van der Waals surface area contributed by atoms with Gasteiger partial charge in [0.05, 0.1) is 0 Å². The Balaban J connectivity index is 1.35. The molecule has 170 valence electrons. The molecule has 1 saturated heterocycles. The lowest BCUT2D eigenvalue weighted by atomic mass is 9.96. The SMILES string of the molecule is CCC(=O)Nc1cccc(-c2noc(C3CCN(C(=O)C=Cc4ccccc4Cl)CC3)n2)c1. The fourth-order valence-electron chi connectivity index (χ4n) is 3.73. The zero-order valence-electron chi connectivity index (χ0n) is 18.3. The predicted molar refractivity (Wildman–Crippen MR) is 128 cm³/mol. The Morgan fingerprint density at radius 2 is 1.97 bits per heavy atom. The summed E-state index contributed by atoms with van der Waals surface area (Å²) >= 11 is 6.15. The van der Waals surface area contributed by atoms with E-state index in [0.29, 0.717) is 41.9 Å². The van der Waals surface area contributed by atoms with Crippen molar-refractivity contribution < 1.29 is 14.1 Å². The number of amides is 2. The minimum atomic E-state index is -0.0519. The Hall–Kier alpha value is -3.45. The van der Waals surface area contributed by atoms with Crippen molar-refractivity contribution >= 4 is 35.2 Å². The molecule has 8 heteroatoms. The van der Waals surface area contributed by atoms with Crippen LogP contribution in [0.1, 0.15) is 43.6 Å². The fourth-order valence-corrected chi connectivity index (χ4v) is 3.93. The zero-order valence-corrected chi connectivity index (χ0v) is 19.1. The monoisotopic (exact) mass is 464 g/mol. The van der Waals surface area contributed by atoms with E-state index in [1.54, 1.807) is 25.1 Å². The van der Waals surface area contributed by atoms with Gasteiger partial charge in [0.25, 0.3) is 0 Å². The van der Waals surface area contributed by atoms with Gasteiger partial charge in [-0.05, 0) is 42.7 Å². The van der Waals surface area contributed by atoms with Gasteiger partial charge in [0.1, 0.15) is 0 Å². The van der Waals surface area contributed by atoms with Crippen LogP contribution in [0.25, 0.3) is 17.5 Å². The van der Waals surface area contributed by atoms with Crippen molar-refractivity contribution in [1.82, 2.24) is 15.0 Å². The highest BCUT2D eigenvalue weighted by Crippen LogP contribution is 2.29. The number of aromatic nitrogens is 2. The molecule has 1 N–H and O–H groups in total. The van der Waals surface area contributed by atoms with Crippen LogP contribution in [0.5, 0.6) is 0 Å². The number of nitrogens with zero attached hydrogens (tertiary/aromatic N) is 3. The lowest BCUT2D eigenvalue weighted by Crippen LogP contribution is -2.36. The standard InChI is InChI=1S/C25H25ClN4O3/c1-2-22(31)27-20-8-5-7-19(16-20)24-28-25(33-29-24)18-12-14-30(15-13-18)23(32)11-10-17-6-3-4-9-21(17)26/h3-11,16,18H,2,12-15H2,1H3,(H,27,31). The van der Waals surface area contributed by atoms with E-state index in [1.807, 2.05) is 47.4 Å². The number of carbonyl (C=O) groups is 2. The molecule has 1 aliphatic heterocycles. The highest BCUT2D eigenvalue weighted by atomic mass is 35.5. The minimum absolute atomic E-state index is 0.0365. The molecule has 7 nitrogen and oxygen atoms in total. The van der Waals surface area contributed by atoms with Gasteiger partial charge in [-0.3, -0.25) is 9.59 Å². The Kier molecular flexibility index (Phi) is 7.19. The summed E-state index contributed by atoms with van der Waals surface area (Å²) in [5, 5.41) is 7.58. The van der Waals surface area contributed by atoms with Crippen molar-refractivity contribution in [2.45, 2.75) is 32.1 Å². The van der Waals surface area contributed by atoms with Gasteiger partial charge in [-0.25, -0.2) is 0 Å². The average molecular weight is 465 g/mol. The maximum absolute atomic E-state index is 12.6. The first-order chi connectivity index (χ1) is 16.0. The minimum Gasteiger partial charge on any atom is -0.339 e. The van der Waals surface area contributed by atoms with Crippen LogP contribution in [-0.2, 0) is 9.59 Å². The summed E-state index contributed by atoms with van der Waals surface area (Å²) in [7, 11) is 0. The topological polar surface area (TPSA) is 88.3 Å². The summed E-state index contributed by atoms with van der Waals surface area (Å²) in [5.74, 6) is 1.07. The molecule has 4 rings (SSSR count). The molecule has 1 aromatic heterocycles. The van der Waals surface area contributed by atoms with Crippen LogP contribution in [0.15, 0.2) is 59.1 Å². The van der Waals surface area contributed by atoms with Crippen molar-refractivity contribution in [3.63, 3.8) is 0 Å². The van der Waals surface area contributed by atoms with Crippen molar-refractivity contribution in [3.05, 3.63) is 71.1 Å². The number of carbonyl (C=O) groups excluding carboxylic acids is 2. The first-order valence-corrected chi connectivity index (χ1v) is 11.4. The summed E-state index contributed by atoms with van der Waals surface area (Å²) < 4.78 is 5.53. The second kappa shape index (κ2) is 10.4. The van der Waals surface area contributed by atoms with Crippen molar-refractivity contribution in [2.24, 2.45) is 0 Å². The van der Waals surface area contributed by atoms with Crippen molar-refractivity contribution in [1.29, 1.82) is 0 Å². The van der Waals surface area contributed by atoms with E-state index in [-0.39, 0.29) is 17.7 Å². The smallest absolute Gasteiger partial charge is 0.246 e. The number of anilines is 1. The first kappa shape index (κ1) is 22.7. The molecule has 2 heterocycles. The fraction of sp³-hybridized carbons (Fsp3) is 0.280. The van der Waals surface area contributed by atoms with Gasteiger partial charge in [0, 0.05) is 47.8 Å². The van der Waals surface area contributed by atoms with Crippen molar-refractivity contribution in [3.8, 4) is 11.4 Å². The number of likely N-dealkylation sites (tertiary alicyclic amines) is 1. The van der Waals surface area contributed by atoms with Crippen LogP contribution in [0.4, 0.5) is 5.69 Å². The van der Waals surface area contributed by atoms with Crippen molar-refractivity contribution in [2.75, 3.05) is 18.4 Å². The van der Waals surface area contributed by atoms with Gasteiger partial charge in [0.15, 0.2) is 0 Å². The maximum Gasteiger partial charge on any atom is 0.246 e. The molecule has 0 saturated carbocycles. The van der Waals surface area contributed by atoms with Gasteiger partial charge in [-0.15, -0.1) is 0 Å². The molecular weight excluding hydrogens is 440 g/mol. The Bertz CT molecular complexity index is 1170. The Morgan fingerprint density at radius 1 is 1.18 bits per heavy atom. The molecule has 2 amide bonds. The van der Waals surface area contributed by atoms with E-state index in [2.05, 4.69) is 15.5 Å². The Morgan fingerprint density at radius 3 is 2.73 bits per heavy atom. The summed E-state index contributed by atoms with van der Waals surface area (Å²) in [6.45, 7) is 3.04. The molecule has 0 radical (unpaired) electrons. The number of hydrogen-bond donors (Lipinski definition) is 1. The third-order valence-electron chi connectivity index (χ3n) is 5.63. The van der Waals surface area contributed by atoms with Crippen LogP contribution in [0.3, 0.4) is 0 Å². The third kappa shape index (κ3) is 5.68. The van der Waals surface area contributed by atoms with Crippen LogP contribution in [0, 0.1) is 0 Å². The Labute approximate surface area is 197 Å². The third-order valence-corrected chi connectivity index (χ3v) is 5.98. The normalized spacial score (nSPS) is 14.5. The quantitative estimate of drug-likeness (QED) is 0.509. The number of hydrogen-bond acceptors (Lipinski definition) is 5. The highest BCUT2D eigenvalue weighted by Gasteiger charge is 2.27. The highest BCUT2D eigenvalue weighted by molar-refractivity contribution is 6.32. The molecule has 1 fully saturated rings. The number of nitrogens with one attached hydrogen (secondary N) is 1. The summed E-state index contributed by atoms with van der Waals surface area (Å²) in [4.78, 5) is 30.6. The summed E-state index contributed by atoms with van der Waals surface area (Å²) in [6, 6.07) is 14.8. The van der Waals surface area contributed by atoms with Crippen LogP contribution in [-0.4, -0.2) is 39.9 Å². The molecule has 0 spiro atoms. The molecule has 3 aromatic rings. The van der Waals surface area contributed by atoms with Crippen LogP contribution >= 0.6 is 11.6 Å². The molecule has 33 heavy (non-hydrogen) atoms. The molecule has 0 unspecified atom stereocenters. The number of piperidine rings is 1. The molecule has 2 aromatic carbocycles. The number of halogens is 1. The van der Waals surface area contributed by atoms with Crippen LogP contribution in [0.2, 0.25) is 5.02 Å². The van der Waals surface area contributed by atoms with Gasteiger partial charge in [-0.1, -0.05) is 54.0 Å². The first-order valence-electron chi connectivity index (χ1n) is 11.0. The largest absolute Gasteiger partial charge is 0.339 e. The molecule has 0 atom stereocenters. The van der Waals surface area contributed by atoms with E-state index in [0.717, 1.165) is 24.0 Å². The van der Waals surface area contributed by atoms with E-state index in [1.165, 1.54) is 0 Å². The molecule has 0 aliphatic carbocycles. The molecular formula is C25H25ClN4O3. The zero-order chi connectivity index (χ0) is 23.2. The maximum atomic E-state index is 12.6. The predicted octanol–water partition coefficient (Wildman–Crippen LogP) is 5.16. The average Bonchev–Trinajstić information content (AvgIpc) is 3.34. The number of rotatable bonds is 6. The summed E-state index contributed by atoms with van der Waals surface area (Å²) in [6.07, 6.45) is 5.22. The van der Waals surface area contributed by atoms with E-state index in [9.17, 15) is 9.59 Å². The van der Waals surface area contributed by atoms with E-state index < -0.39 is 0 Å². The number of benzene rings is 2.